The van der Waals surface area contributed by atoms with Crippen LogP contribution in [0.15, 0.2) is 27.4 Å². The summed E-state index contributed by atoms with van der Waals surface area (Å²) in [5.74, 6) is -2.41. The first-order chi connectivity index (χ1) is 12.8. The van der Waals surface area contributed by atoms with Gasteiger partial charge in [-0.2, -0.15) is 0 Å². The minimum atomic E-state index is -1.27. The molecule has 0 aliphatic rings. The van der Waals surface area contributed by atoms with Crippen LogP contribution in [0.25, 0.3) is 11.0 Å². The molecule has 0 bridgehead atoms. The number of amides is 1. The highest BCUT2D eigenvalue weighted by Gasteiger charge is 2.24. The number of fused-ring (bicyclic) bond motifs is 1. The van der Waals surface area contributed by atoms with Crippen LogP contribution >= 0.6 is 0 Å². The smallest absolute Gasteiger partial charge is 0.353 e. The Morgan fingerprint density at radius 2 is 2.00 bits per heavy atom. The van der Waals surface area contributed by atoms with Gasteiger partial charge in [-0.05, 0) is 31.5 Å². The van der Waals surface area contributed by atoms with Crippen LogP contribution in [0.2, 0.25) is 0 Å². The molecule has 1 heterocycles. The van der Waals surface area contributed by atoms with Crippen molar-refractivity contribution in [3.63, 3.8) is 0 Å². The van der Waals surface area contributed by atoms with Crippen LogP contribution < -0.4 is 15.7 Å². The van der Waals surface area contributed by atoms with Crippen LogP contribution in [-0.2, 0) is 4.79 Å². The summed E-state index contributed by atoms with van der Waals surface area (Å²) in [6.45, 7) is 3.86. The SMILES string of the molecule is CCCCCCOc1ccc2oc(=O)c(C(=O)N[C@@H](C)C(=O)O)c(O)c2c1. The van der Waals surface area contributed by atoms with Gasteiger partial charge in [0.1, 0.15) is 23.1 Å². The first-order valence-electron chi connectivity index (χ1n) is 8.81. The molecule has 1 amide bonds. The number of carbonyl (C=O) groups is 2. The highest BCUT2D eigenvalue weighted by Crippen LogP contribution is 2.29. The van der Waals surface area contributed by atoms with Gasteiger partial charge in [0.05, 0.1) is 12.0 Å². The number of hydrogen-bond donors (Lipinski definition) is 3. The van der Waals surface area contributed by atoms with Gasteiger partial charge in [-0.15, -0.1) is 0 Å². The van der Waals surface area contributed by atoms with Gasteiger partial charge in [0.2, 0.25) is 0 Å². The van der Waals surface area contributed by atoms with Gasteiger partial charge in [0.15, 0.2) is 5.56 Å². The monoisotopic (exact) mass is 377 g/mol. The summed E-state index contributed by atoms with van der Waals surface area (Å²) in [7, 11) is 0. The molecule has 0 aliphatic carbocycles. The molecule has 0 unspecified atom stereocenters. The van der Waals surface area contributed by atoms with E-state index in [1.54, 1.807) is 6.07 Å². The number of rotatable bonds is 9. The zero-order valence-electron chi connectivity index (χ0n) is 15.3. The second-order valence-corrected chi connectivity index (χ2v) is 6.21. The van der Waals surface area contributed by atoms with Crippen molar-refractivity contribution in [3.8, 4) is 11.5 Å². The van der Waals surface area contributed by atoms with E-state index < -0.39 is 34.9 Å². The molecular formula is C19H23NO7. The van der Waals surface area contributed by atoms with Gasteiger partial charge in [0, 0.05) is 0 Å². The van der Waals surface area contributed by atoms with Crippen molar-refractivity contribution >= 4 is 22.8 Å². The third kappa shape index (κ3) is 4.99. The van der Waals surface area contributed by atoms with Crippen LogP contribution in [0.1, 0.15) is 49.9 Å². The first kappa shape index (κ1) is 20.3. The summed E-state index contributed by atoms with van der Waals surface area (Å²) in [6, 6.07) is 3.32. The molecule has 146 valence electrons. The molecule has 3 N–H and O–H groups in total. The molecule has 1 atom stereocenters. The number of aromatic hydroxyl groups is 1. The minimum Gasteiger partial charge on any atom is -0.506 e. The first-order valence-corrected chi connectivity index (χ1v) is 8.81. The number of nitrogens with one attached hydrogen (secondary N) is 1. The summed E-state index contributed by atoms with van der Waals surface area (Å²) in [6.07, 6.45) is 4.19. The molecule has 0 saturated heterocycles. The van der Waals surface area contributed by atoms with Crippen LogP contribution in [0.4, 0.5) is 0 Å². The molecule has 2 rings (SSSR count). The fraction of sp³-hybridized carbons (Fsp3) is 0.421. The average Bonchev–Trinajstić information content (AvgIpc) is 2.61. The number of carbonyl (C=O) groups excluding carboxylic acids is 1. The lowest BCUT2D eigenvalue weighted by Gasteiger charge is -2.11. The number of ether oxygens (including phenoxy) is 1. The van der Waals surface area contributed by atoms with Crippen molar-refractivity contribution in [2.24, 2.45) is 0 Å². The maximum absolute atomic E-state index is 12.2. The molecule has 0 aliphatic heterocycles. The summed E-state index contributed by atoms with van der Waals surface area (Å²) in [5.41, 5.74) is -1.60. The van der Waals surface area contributed by atoms with Crippen molar-refractivity contribution in [2.75, 3.05) is 6.61 Å². The molecule has 27 heavy (non-hydrogen) atoms. The number of unbranched alkanes of at least 4 members (excludes halogenated alkanes) is 3. The van der Waals surface area contributed by atoms with Gasteiger partial charge in [0.25, 0.3) is 5.91 Å². The van der Waals surface area contributed by atoms with E-state index in [0.717, 1.165) is 25.7 Å². The van der Waals surface area contributed by atoms with Crippen LogP contribution in [0.3, 0.4) is 0 Å². The third-order valence-electron chi connectivity index (χ3n) is 4.06. The number of aliphatic carboxylic acids is 1. The quantitative estimate of drug-likeness (QED) is 0.453. The predicted octanol–water partition coefficient (Wildman–Crippen LogP) is 2.66. The van der Waals surface area contributed by atoms with E-state index in [4.69, 9.17) is 14.3 Å². The Labute approximate surface area is 155 Å². The molecule has 1 aromatic heterocycles. The fourth-order valence-electron chi connectivity index (χ4n) is 2.50. The zero-order chi connectivity index (χ0) is 20.0. The van der Waals surface area contributed by atoms with E-state index in [1.165, 1.54) is 19.1 Å². The maximum Gasteiger partial charge on any atom is 0.353 e. The van der Waals surface area contributed by atoms with Crippen molar-refractivity contribution in [2.45, 2.75) is 45.6 Å². The van der Waals surface area contributed by atoms with E-state index in [-0.39, 0.29) is 11.0 Å². The Morgan fingerprint density at radius 1 is 1.26 bits per heavy atom. The van der Waals surface area contributed by atoms with Gasteiger partial charge in [-0.3, -0.25) is 9.59 Å². The lowest BCUT2D eigenvalue weighted by Crippen LogP contribution is -2.40. The highest BCUT2D eigenvalue weighted by molar-refractivity contribution is 6.02. The molecule has 2 aromatic rings. The Morgan fingerprint density at radius 3 is 2.67 bits per heavy atom. The van der Waals surface area contributed by atoms with Crippen molar-refractivity contribution in [1.29, 1.82) is 0 Å². The van der Waals surface area contributed by atoms with Crippen molar-refractivity contribution in [3.05, 3.63) is 34.2 Å². The van der Waals surface area contributed by atoms with Gasteiger partial charge >= 0.3 is 11.6 Å². The summed E-state index contributed by atoms with van der Waals surface area (Å²) >= 11 is 0. The number of hydrogen-bond acceptors (Lipinski definition) is 6. The Kier molecular flexibility index (Phi) is 6.81. The molecule has 8 nitrogen and oxygen atoms in total. The molecule has 0 spiro atoms. The van der Waals surface area contributed by atoms with E-state index in [9.17, 15) is 19.5 Å². The van der Waals surface area contributed by atoms with E-state index >= 15 is 0 Å². The topological polar surface area (TPSA) is 126 Å². The molecule has 0 radical (unpaired) electrons. The molecule has 1 aromatic carbocycles. The van der Waals surface area contributed by atoms with Crippen LogP contribution in [0.5, 0.6) is 11.5 Å². The van der Waals surface area contributed by atoms with Crippen molar-refractivity contribution in [1.82, 2.24) is 5.32 Å². The Balaban J connectivity index is 2.27. The zero-order valence-corrected chi connectivity index (χ0v) is 15.3. The maximum atomic E-state index is 12.2. The van der Waals surface area contributed by atoms with E-state index in [0.29, 0.717) is 12.4 Å². The second-order valence-electron chi connectivity index (χ2n) is 6.21. The lowest BCUT2D eigenvalue weighted by atomic mass is 10.1. The van der Waals surface area contributed by atoms with Gasteiger partial charge in [-0.25, -0.2) is 4.79 Å². The van der Waals surface area contributed by atoms with Crippen LogP contribution in [-0.4, -0.2) is 34.7 Å². The summed E-state index contributed by atoms with van der Waals surface area (Å²) in [4.78, 5) is 35.1. The van der Waals surface area contributed by atoms with Gasteiger partial charge in [-0.1, -0.05) is 26.2 Å². The normalized spacial score (nSPS) is 11.9. The largest absolute Gasteiger partial charge is 0.506 e. The van der Waals surface area contributed by atoms with E-state index in [1.807, 2.05) is 0 Å². The lowest BCUT2D eigenvalue weighted by molar-refractivity contribution is -0.138. The Hall–Kier alpha value is -3.03. The van der Waals surface area contributed by atoms with Crippen LogP contribution in [0, 0.1) is 0 Å². The highest BCUT2D eigenvalue weighted by atomic mass is 16.5. The Bertz CT molecular complexity index is 887. The molecule has 0 fully saturated rings. The van der Waals surface area contributed by atoms with Gasteiger partial charge < -0.3 is 24.7 Å². The minimum absolute atomic E-state index is 0.0960. The number of carboxylic acids is 1. The summed E-state index contributed by atoms with van der Waals surface area (Å²) < 4.78 is 10.7. The summed E-state index contributed by atoms with van der Waals surface area (Å²) in [5, 5.41) is 21.5. The standard InChI is InChI=1S/C19H23NO7/c1-3-4-5-6-9-26-12-7-8-14-13(10-12)16(21)15(19(25)27-14)17(22)20-11(2)18(23)24/h7-8,10-11,21H,3-6,9H2,1-2H3,(H,20,22)(H,23,24)/t11-/m0/s1. The van der Waals surface area contributed by atoms with Crippen molar-refractivity contribution < 1.29 is 29.0 Å². The number of benzene rings is 1. The molecular weight excluding hydrogens is 354 g/mol. The molecule has 8 heteroatoms. The van der Waals surface area contributed by atoms with E-state index in [2.05, 4.69) is 12.2 Å². The predicted molar refractivity (Wildman–Crippen MR) is 98.3 cm³/mol. The number of carboxylic acid groups (broad SMARTS) is 1. The fourth-order valence-corrected chi connectivity index (χ4v) is 2.50. The second kappa shape index (κ2) is 9.07. The average molecular weight is 377 g/mol. The third-order valence-corrected chi connectivity index (χ3v) is 4.06. The molecule has 0 saturated carbocycles.